The van der Waals surface area contributed by atoms with Crippen LogP contribution in [-0.2, 0) is 9.53 Å². The van der Waals surface area contributed by atoms with Gasteiger partial charge >= 0.3 is 5.97 Å². The van der Waals surface area contributed by atoms with E-state index in [1.807, 2.05) is 0 Å². The molecule has 3 atom stereocenters. The topological polar surface area (TPSA) is 136 Å². The highest BCUT2D eigenvalue weighted by atomic mass is 16.5. The molecule has 0 aliphatic heterocycles. The molecule has 0 radical (unpaired) electrons. The Bertz CT molecular complexity index is 884. The third kappa shape index (κ3) is 2.91. The van der Waals surface area contributed by atoms with Crippen LogP contribution in [0.5, 0.6) is 0 Å². The van der Waals surface area contributed by atoms with Crippen LogP contribution in [-0.4, -0.2) is 43.3 Å². The van der Waals surface area contributed by atoms with Gasteiger partial charge in [-0.2, -0.15) is 4.98 Å². The molecule has 3 rings (SSSR count). The Labute approximate surface area is 143 Å². The predicted molar refractivity (Wildman–Crippen MR) is 90.6 cm³/mol. The lowest BCUT2D eigenvalue weighted by Crippen LogP contribution is -2.27. The number of aromatic nitrogens is 4. The van der Waals surface area contributed by atoms with Crippen LogP contribution in [0.3, 0.4) is 0 Å². The molecule has 1 aliphatic rings. The number of imidazole rings is 1. The first kappa shape index (κ1) is 17.2. The fraction of sp³-hybridized carbons (Fsp3) is 0.500. The standard InChI is InChI=1S/C16H21N5O4/c1-7(2)15(24)25-11-4-10(8(3)9(11)5-22)21-6-18-12-13(21)19-16(17)20-14(12)23/h6-7,9-11,22H,3-5H2,1-2H3,(H3,17,19,20,23)/t9-,10-,11-/m0/s1. The van der Waals surface area contributed by atoms with Crippen molar-refractivity contribution >= 4 is 23.1 Å². The van der Waals surface area contributed by atoms with Gasteiger partial charge in [-0.1, -0.05) is 20.4 Å². The number of anilines is 1. The molecule has 0 unspecified atom stereocenters. The van der Waals surface area contributed by atoms with Crippen molar-refractivity contribution in [1.82, 2.24) is 19.5 Å². The van der Waals surface area contributed by atoms with Crippen LogP contribution >= 0.6 is 0 Å². The zero-order valence-corrected chi connectivity index (χ0v) is 14.1. The van der Waals surface area contributed by atoms with Gasteiger partial charge in [0.2, 0.25) is 5.95 Å². The molecule has 0 bridgehead atoms. The summed E-state index contributed by atoms with van der Waals surface area (Å²) in [7, 11) is 0. The second-order valence-electron chi connectivity index (χ2n) is 6.52. The van der Waals surface area contributed by atoms with Crippen LogP contribution in [0, 0.1) is 11.8 Å². The highest BCUT2D eigenvalue weighted by molar-refractivity contribution is 5.72. The molecule has 1 fully saturated rings. The van der Waals surface area contributed by atoms with Gasteiger partial charge < -0.3 is 20.1 Å². The molecule has 0 spiro atoms. The van der Waals surface area contributed by atoms with E-state index in [9.17, 15) is 14.7 Å². The molecule has 2 heterocycles. The van der Waals surface area contributed by atoms with Crippen molar-refractivity contribution in [1.29, 1.82) is 0 Å². The number of aromatic amines is 1. The number of hydrogen-bond acceptors (Lipinski definition) is 7. The van der Waals surface area contributed by atoms with Gasteiger partial charge in [0, 0.05) is 12.3 Å². The minimum atomic E-state index is -0.491. The number of carbonyl (C=O) groups is 1. The molecule has 4 N–H and O–H groups in total. The van der Waals surface area contributed by atoms with Crippen LogP contribution < -0.4 is 11.3 Å². The van der Waals surface area contributed by atoms with Gasteiger partial charge in [0.1, 0.15) is 6.10 Å². The molecule has 0 aromatic carbocycles. The highest BCUT2D eigenvalue weighted by Gasteiger charge is 2.41. The maximum absolute atomic E-state index is 11.9. The number of ether oxygens (including phenoxy) is 1. The Morgan fingerprint density at radius 1 is 1.60 bits per heavy atom. The number of nitrogens with one attached hydrogen (secondary N) is 1. The van der Waals surface area contributed by atoms with E-state index in [1.165, 1.54) is 6.33 Å². The highest BCUT2D eigenvalue weighted by Crippen LogP contribution is 2.41. The second-order valence-corrected chi connectivity index (χ2v) is 6.52. The number of aliphatic hydroxyl groups excluding tert-OH is 1. The van der Waals surface area contributed by atoms with E-state index in [4.69, 9.17) is 10.5 Å². The summed E-state index contributed by atoms with van der Waals surface area (Å²) in [6, 6.07) is -0.305. The van der Waals surface area contributed by atoms with Crippen molar-refractivity contribution in [3.05, 3.63) is 28.8 Å². The molecular formula is C16H21N5O4. The quantitative estimate of drug-likeness (QED) is 0.537. The SMILES string of the molecule is C=C1[C@H](CO)[C@@H](OC(=O)C(C)C)C[C@@H]1n1cnc2c(=O)[nH]c(N)nc21. The van der Waals surface area contributed by atoms with E-state index in [0.29, 0.717) is 17.6 Å². The van der Waals surface area contributed by atoms with Gasteiger partial charge in [-0.15, -0.1) is 0 Å². The molecule has 0 saturated heterocycles. The summed E-state index contributed by atoms with van der Waals surface area (Å²) >= 11 is 0. The number of carbonyl (C=O) groups excluding carboxylic acids is 1. The minimum Gasteiger partial charge on any atom is -0.461 e. The van der Waals surface area contributed by atoms with E-state index >= 15 is 0 Å². The molecule has 25 heavy (non-hydrogen) atoms. The summed E-state index contributed by atoms with van der Waals surface area (Å²) < 4.78 is 7.22. The monoisotopic (exact) mass is 347 g/mol. The summed E-state index contributed by atoms with van der Waals surface area (Å²) in [4.78, 5) is 34.5. The van der Waals surface area contributed by atoms with E-state index in [2.05, 4.69) is 21.5 Å². The third-order valence-corrected chi connectivity index (χ3v) is 4.53. The zero-order chi connectivity index (χ0) is 18.3. The molecule has 1 aliphatic carbocycles. The number of nitrogens with zero attached hydrogens (tertiary/aromatic N) is 3. The molecule has 9 heteroatoms. The van der Waals surface area contributed by atoms with Gasteiger partial charge in [-0.05, 0) is 5.57 Å². The number of nitrogens with two attached hydrogens (primary N) is 1. The van der Waals surface area contributed by atoms with Gasteiger partial charge in [0.05, 0.1) is 24.9 Å². The number of rotatable bonds is 4. The van der Waals surface area contributed by atoms with E-state index in [1.54, 1.807) is 18.4 Å². The summed E-state index contributed by atoms with van der Waals surface area (Å²) in [5, 5.41) is 9.71. The fourth-order valence-electron chi connectivity index (χ4n) is 3.14. The van der Waals surface area contributed by atoms with Crippen molar-refractivity contribution in [2.75, 3.05) is 12.3 Å². The van der Waals surface area contributed by atoms with Crippen molar-refractivity contribution in [2.45, 2.75) is 32.4 Å². The molecular weight excluding hydrogens is 326 g/mol. The summed E-state index contributed by atoms with van der Waals surface area (Å²) in [5.74, 6) is -0.985. The number of esters is 1. The summed E-state index contributed by atoms with van der Waals surface area (Å²) in [5.41, 5.74) is 6.40. The predicted octanol–water partition coefficient (Wildman–Crippen LogP) is 0.379. The molecule has 2 aromatic heterocycles. The minimum absolute atomic E-state index is 0.00986. The molecule has 9 nitrogen and oxygen atoms in total. The second kappa shape index (κ2) is 6.32. The first-order valence-electron chi connectivity index (χ1n) is 8.05. The Morgan fingerprint density at radius 3 is 2.96 bits per heavy atom. The number of H-pyrrole nitrogens is 1. The lowest BCUT2D eigenvalue weighted by molar-refractivity contribution is -0.154. The zero-order valence-electron chi connectivity index (χ0n) is 14.1. The largest absolute Gasteiger partial charge is 0.461 e. The summed E-state index contributed by atoms with van der Waals surface area (Å²) in [6.07, 6.45) is 1.42. The van der Waals surface area contributed by atoms with Gasteiger partial charge in [0.15, 0.2) is 11.2 Å². The van der Waals surface area contributed by atoms with Crippen molar-refractivity contribution in [3.63, 3.8) is 0 Å². The fourth-order valence-corrected chi connectivity index (χ4v) is 3.14. The molecule has 2 aromatic rings. The summed E-state index contributed by atoms with van der Waals surface area (Å²) in [6.45, 7) is 7.37. The average molecular weight is 347 g/mol. The van der Waals surface area contributed by atoms with Gasteiger partial charge in [0.25, 0.3) is 5.56 Å². The molecule has 1 saturated carbocycles. The first-order valence-corrected chi connectivity index (χ1v) is 8.05. The number of hydrogen-bond donors (Lipinski definition) is 3. The molecule has 134 valence electrons. The van der Waals surface area contributed by atoms with Gasteiger partial charge in [-0.25, -0.2) is 4.98 Å². The van der Waals surface area contributed by atoms with Crippen LogP contribution in [0.1, 0.15) is 26.3 Å². The van der Waals surface area contributed by atoms with Crippen molar-refractivity contribution < 1.29 is 14.6 Å². The lowest BCUT2D eigenvalue weighted by atomic mass is 10.0. The van der Waals surface area contributed by atoms with E-state index < -0.39 is 11.7 Å². The maximum atomic E-state index is 11.9. The van der Waals surface area contributed by atoms with E-state index in [-0.39, 0.29) is 41.9 Å². The first-order chi connectivity index (χ1) is 11.8. The lowest BCUT2D eigenvalue weighted by Gasteiger charge is -2.19. The smallest absolute Gasteiger partial charge is 0.308 e. The van der Waals surface area contributed by atoms with Crippen LogP contribution in [0.15, 0.2) is 23.3 Å². The average Bonchev–Trinajstić information content (AvgIpc) is 3.08. The van der Waals surface area contributed by atoms with Crippen molar-refractivity contribution in [2.24, 2.45) is 11.8 Å². The normalized spacial score (nSPS) is 23.5. The van der Waals surface area contributed by atoms with Crippen molar-refractivity contribution in [3.8, 4) is 0 Å². The number of nitrogen functional groups attached to an aromatic ring is 1. The Balaban J connectivity index is 1.97. The number of aliphatic hydroxyl groups is 1. The Morgan fingerprint density at radius 2 is 2.32 bits per heavy atom. The third-order valence-electron chi connectivity index (χ3n) is 4.53. The van der Waals surface area contributed by atoms with Crippen LogP contribution in [0.2, 0.25) is 0 Å². The van der Waals surface area contributed by atoms with Gasteiger partial charge in [-0.3, -0.25) is 14.6 Å². The maximum Gasteiger partial charge on any atom is 0.308 e. The van der Waals surface area contributed by atoms with Crippen LogP contribution in [0.25, 0.3) is 11.2 Å². The number of fused-ring (bicyclic) bond motifs is 1. The van der Waals surface area contributed by atoms with E-state index in [0.717, 1.165) is 0 Å². The Kier molecular flexibility index (Phi) is 4.34. The van der Waals surface area contributed by atoms with Crippen LogP contribution in [0.4, 0.5) is 5.95 Å². The Hall–Kier alpha value is -2.68. The molecule has 0 amide bonds.